The summed E-state index contributed by atoms with van der Waals surface area (Å²) in [6.07, 6.45) is 0. The summed E-state index contributed by atoms with van der Waals surface area (Å²) in [5.74, 6) is -0.677. The zero-order chi connectivity index (χ0) is 16.3. The Morgan fingerprint density at radius 1 is 0.905 bits per heavy atom. The summed E-state index contributed by atoms with van der Waals surface area (Å²) in [5.41, 5.74) is -1.72. The van der Waals surface area contributed by atoms with Crippen LogP contribution in [0.4, 0.5) is 0 Å². The van der Waals surface area contributed by atoms with Crippen molar-refractivity contribution >= 4 is 11.9 Å². The number of ether oxygens (including phenoxy) is 3. The highest BCUT2D eigenvalue weighted by Gasteiger charge is 2.47. The fraction of sp³-hybridized carbons (Fsp3) is 0.500. The molecule has 0 aliphatic rings. The molecule has 0 aliphatic heterocycles. The minimum Gasteiger partial charge on any atom is -0.497 e. The third-order valence-corrected chi connectivity index (χ3v) is 3.07. The molecular weight excluding hydrogens is 272 g/mol. The molecule has 0 saturated carbocycles. The molecule has 0 N–H and O–H groups in total. The van der Waals surface area contributed by atoms with E-state index in [4.69, 9.17) is 14.2 Å². The summed E-state index contributed by atoms with van der Waals surface area (Å²) in [5, 5.41) is 0. The molecule has 0 saturated heterocycles. The zero-order valence-corrected chi connectivity index (χ0v) is 13.4. The first-order valence-electron chi connectivity index (χ1n) is 6.61. The van der Waals surface area contributed by atoms with Gasteiger partial charge in [0.1, 0.15) is 11.4 Å². The quantitative estimate of drug-likeness (QED) is 0.630. The van der Waals surface area contributed by atoms with E-state index >= 15 is 0 Å². The lowest BCUT2D eigenvalue weighted by molar-refractivity contribution is -0.170. The van der Waals surface area contributed by atoms with Crippen LogP contribution in [0.3, 0.4) is 0 Å². The molecule has 5 heteroatoms. The van der Waals surface area contributed by atoms with Crippen LogP contribution < -0.4 is 4.74 Å². The molecule has 1 aromatic rings. The molecule has 116 valence electrons. The first-order chi connectivity index (χ1) is 9.65. The van der Waals surface area contributed by atoms with Crippen LogP contribution in [0.1, 0.15) is 33.3 Å². The van der Waals surface area contributed by atoms with E-state index in [0.29, 0.717) is 11.3 Å². The average Bonchev–Trinajstić information content (AvgIpc) is 2.43. The molecule has 0 bridgehead atoms. The van der Waals surface area contributed by atoms with Gasteiger partial charge in [0.05, 0.1) is 14.2 Å². The van der Waals surface area contributed by atoms with Crippen molar-refractivity contribution in [3.05, 3.63) is 29.8 Å². The molecule has 5 nitrogen and oxygen atoms in total. The van der Waals surface area contributed by atoms with Gasteiger partial charge in [-0.1, -0.05) is 12.1 Å². The van der Waals surface area contributed by atoms with Gasteiger partial charge in [-0.3, -0.25) is 9.59 Å². The second kappa shape index (κ2) is 6.16. The summed E-state index contributed by atoms with van der Waals surface area (Å²) >= 11 is 0. The van der Waals surface area contributed by atoms with Gasteiger partial charge in [-0.15, -0.1) is 0 Å². The minimum absolute atomic E-state index is 0.490. The van der Waals surface area contributed by atoms with Crippen molar-refractivity contribution in [2.24, 2.45) is 0 Å². The molecule has 1 rings (SSSR count). The Bertz CT molecular complexity index is 512. The molecule has 0 fully saturated rings. The number of methoxy groups -OCH3 is 2. The minimum atomic E-state index is -1.52. The van der Waals surface area contributed by atoms with Crippen molar-refractivity contribution in [2.45, 2.75) is 38.7 Å². The van der Waals surface area contributed by atoms with E-state index < -0.39 is 23.0 Å². The van der Waals surface area contributed by atoms with Crippen LogP contribution in [0.25, 0.3) is 0 Å². The predicted octanol–water partition coefficient (Wildman–Crippen LogP) is 2.47. The molecule has 21 heavy (non-hydrogen) atoms. The van der Waals surface area contributed by atoms with Gasteiger partial charge in [-0.2, -0.15) is 0 Å². The van der Waals surface area contributed by atoms with Gasteiger partial charge < -0.3 is 14.2 Å². The standard InChI is InChI=1S/C16H22O5/c1-15(2,3)21-14(18)16(4,13(17)20-6)11-7-9-12(19-5)10-8-11/h7-10H,1-6H3. The Morgan fingerprint density at radius 2 is 1.43 bits per heavy atom. The summed E-state index contributed by atoms with van der Waals surface area (Å²) in [7, 11) is 2.79. The van der Waals surface area contributed by atoms with Crippen LogP contribution >= 0.6 is 0 Å². The maximum atomic E-state index is 12.5. The normalized spacial score (nSPS) is 14.0. The fourth-order valence-corrected chi connectivity index (χ4v) is 1.83. The Balaban J connectivity index is 3.25. The van der Waals surface area contributed by atoms with Gasteiger partial charge in [-0.05, 0) is 45.4 Å². The van der Waals surface area contributed by atoms with Crippen molar-refractivity contribution in [1.29, 1.82) is 0 Å². The highest BCUT2D eigenvalue weighted by Crippen LogP contribution is 2.30. The van der Waals surface area contributed by atoms with Gasteiger partial charge in [0.15, 0.2) is 5.41 Å². The third-order valence-electron chi connectivity index (χ3n) is 3.07. The number of esters is 2. The average molecular weight is 294 g/mol. The molecular formula is C16H22O5. The summed E-state index contributed by atoms with van der Waals surface area (Å²) in [6, 6.07) is 6.67. The van der Waals surface area contributed by atoms with Crippen molar-refractivity contribution < 1.29 is 23.8 Å². The van der Waals surface area contributed by atoms with E-state index in [0.717, 1.165) is 0 Å². The lowest BCUT2D eigenvalue weighted by Crippen LogP contribution is -2.45. The van der Waals surface area contributed by atoms with Gasteiger partial charge in [0.2, 0.25) is 0 Å². The number of hydrogen-bond donors (Lipinski definition) is 0. The second-order valence-corrected chi connectivity index (χ2v) is 5.85. The maximum absolute atomic E-state index is 12.5. The molecule has 0 amide bonds. The first-order valence-corrected chi connectivity index (χ1v) is 6.61. The number of hydrogen-bond acceptors (Lipinski definition) is 5. The van der Waals surface area contributed by atoms with E-state index in [1.54, 1.807) is 52.1 Å². The number of benzene rings is 1. The molecule has 0 heterocycles. The van der Waals surface area contributed by atoms with Crippen molar-refractivity contribution in [3.8, 4) is 5.75 Å². The highest BCUT2D eigenvalue weighted by molar-refractivity contribution is 6.06. The topological polar surface area (TPSA) is 61.8 Å². The zero-order valence-electron chi connectivity index (χ0n) is 13.4. The molecule has 0 aromatic heterocycles. The maximum Gasteiger partial charge on any atom is 0.328 e. The van der Waals surface area contributed by atoms with Crippen LogP contribution in [0.2, 0.25) is 0 Å². The Kier molecular flexibility index (Phi) is 4.99. The van der Waals surface area contributed by atoms with E-state index in [1.807, 2.05) is 0 Å². The first kappa shape index (κ1) is 17.0. The van der Waals surface area contributed by atoms with Crippen molar-refractivity contribution in [2.75, 3.05) is 14.2 Å². The molecule has 0 radical (unpaired) electrons. The Hall–Kier alpha value is -2.04. The fourth-order valence-electron chi connectivity index (χ4n) is 1.83. The Morgan fingerprint density at radius 3 is 1.81 bits per heavy atom. The van der Waals surface area contributed by atoms with E-state index in [9.17, 15) is 9.59 Å². The monoisotopic (exact) mass is 294 g/mol. The predicted molar refractivity (Wildman–Crippen MR) is 78.2 cm³/mol. The molecule has 1 atom stereocenters. The molecule has 1 aromatic carbocycles. The second-order valence-electron chi connectivity index (χ2n) is 5.85. The van der Waals surface area contributed by atoms with Crippen LogP contribution in [0, 0.1) is 0 Å². The third kappa shape index (κ3) is 3.74. The molecule has 0 aliphatic carbocycles. The van der Waals surface area contributed by atoms with E-state index in [-0.39, 0.29) is 0 Å². The SMILES string of the molecule is COC(=O)C(C)(C(=O)OC(C)(C)C)c1ccc(OC)cc1. The highest BCUT2D eigenvalue weighted by atomic mass is 16.6. The van der Waals surface area contributed by atoms with Gasteiger partial charge in [0.25, 0.3) is 0 Å². The number of carbonyl (C=O) groups excluding carboxylic acids is 2. The van der Waals surface area contributed by atoms with Crippen LogP contribution in [0.5, 0.6) is 5.75 Å². The van der Waals surface area contributed by atoms with Gasteiger partial charge >= 0.3 is 11.9 Å². The molecule has 0 spiro atoms. The lowest BCUT2D eigenvalue weighted by Gasteiger charge is -2.29. The van der Waals surface area contributed by atoms with Crippen LogP contribution in [-0.4, -0.2) is 31.8 Å². The largest absolute Gasteiger partial charge is 0.497 e. The van der Waals surface area contributed by atoms with Gasteiger partial charge in [-0.25, -0.2) is 0 Å². The van der Waals surface area contributed by atoms with E-state index in [1.165, 1.54) is 14.0 Å². The van der Waals surface area contributed by atoms with Gasteiger partial charge in [0, 0.05) is 0 Å². The summed E-state index contributed by atoms with van der Waals surface area (Å²) < 4.78 is 15.2. The Labute approximate surface area is 125 Å². The van der Waals surface area contributed by atoms with Crippen LogP contribution in [-0.2, 0) is 24.5 Å². The summed E-state index contributed by atoms with van der Waals surface area (Å²) in [4.78, 5) is 24.6. The molecule has 1 unspecified atom stereocenters. The van der Waals surface area contributed by atoms with Crippen molar-refractivity contribution in [1.82, 2.24) is 0 Å². The number of rotatable bonds is 4. The number of carbonyl (C=O) groups is 2. The van der Waals surface area contributed by atoms with Crippen LogP contribution in [0.15, 0.2) is 24.3 Å². The lowest BCUT2D eigenvalue weighted by atomic mass is 9.82. The summed E-state index contributed by atoms with van der Waals surface area (Å²) in [6.45, 7) is 6.73. The van der Waals surface area contributed by atoms with E-state index in [2.05, 4.69) is 0 Å². The van der Waals surface area contributed by atoms with Crippen molar-refractivity contribution in [3.63, 3.8) is 0 Å². The smallest absolute Gasteiger partial charge is 0.328 e.